The van der Waals surface area contributed by atoms with Crippen molar-refractivity contribution in [1.82, 2.24) is 10.2 Å². The molecular formula is C10H8FN3O2. The van der Waals surface area contributed by atoms with Crippen molar-refractivity contribution < 1.29 is 14.3 Å². The van der Waals surface area contributed by atoms with E-state index in [1.165, 1.54) is 18.3 Å². The summed E-state index contributed by atoms with van der Waals surface area (Å²) < 4.78 is 13.0. The first-order chi connectivity index (χ1) is 7.66. The van der Waals surface area contributed by atoms with Crippen molar-refractivity contribution in [2.24, 2.45) is 0 Å². The van der Waals surface area contributed by atoms with Crippen LogP contribution in [-0.4, -0.2) is 21.2 Å². The van der Waals surface area contributed by atoms with E-state index in [4.69, 9.17) is 5.11 Å². The van der Waals surface area contributed by atoms with Crippen LogP contribution in [0.4, 0.5) is 10.1 Å². The lowest BCUT2D eigenvalue weighted by molar-refractivity contribution is 0.102. The molecule has 0 aliphatic heterocycles. The fourth-order valence-corrected chi connectivity index (χ4v) is 1.17. The Hall–Kier alpha value is -2.37. The molecular weight excluding hydrogens is 213 g/mol. The standard InChI is InChI=1S/C10H8FN3O2/c11-7-5-6(1-2-9(7)15)13-10(16)8-3-4-12-14-8/h1-5,15H,(H,12,14)(H,13,16). The highest BCUT2D eigenvalue weighted by atomic mass is 19.1. The van der Waals surface area contributed by atoms with Gasteiger partial charge in [0.25, 0.3) is 5.91 Å². The molecule has 0 fully saturated rings. The number of carbonyl (C=O) groups is 1. The summed E-state index contributed by atoms with van der Waals surface area (Å²) in [5.41, 5.74) is 0.531. The van der Waals surface area contributed by atoms with E-state index in [0.29, 0.717) is 0 Å². The molecule has 2 rings (SSSR count). The Kier molecular flexibility index (Phi) is 2.55. The lowest BCUT2D eigenvalue weighted by atomic mass is 10.3. The molecule has 0 saturated carbocycles. The lowest BCUT2D eigenvalue weighted by Gasteiger charge is -2.03. The van der Waals surface area contributed by atoms with Crippen molar-refractivity contribution in [2.45, 2.75) is 0 Å². The minimum Gasteiger partial charge on any atom is -0.505 e. The van der Waals surface area contributed by atoms with Gasteiger partial charge in [0.1, 0.15) is 5.69 Å². The van der Waals surface area contributed by atoms with E-state index < -0.39 is 17.5 Å². The summed E-state index contributed by atoms with van der Waals surface area (Å²) in [6.07, 6.45) is 1.44. The first kappa shape index (κ1) is 10.2. The maximum Gasteiger partial charge on any atom is 0.273 e. The summed E-state index contributed by atoms with van der Waals surface area (Å²) >= 11 is 0. The summed E-state index contributed by atoms with van der Waals surface area (Å²) in [6.45, 7) is 0. The van der Waals surface area contributed by atoms with Crippen LogP contribution in [0.2, 0.25) is 0 Å². The van der Waals surface area contributed by atoms with Crippen molar-refractivity contribution in [3.8, 4) is 5.75 Å². The van der Waals surface area contributed by atoms with Crippen LogP contribution < -0.4 is 5.32 Å². The number of phenols is 1. The van der Waals surface area contributed by atoms with E-state index in [1.807, 2.05) is 0 Å². The second-order valence-electron chi connectivity index (χ2n) is 3.09. The zero-order valence-corrected chi connectivity index (χ0v) is 8.07. The van der Waals surface area contributed by atoms with Crippen molar-refractivity contribution in [3.05, 3.63) is 42.0 Å². The summed E-state index contributed by atoms with van der Waals surface area (Å²) in [4.78, 5) is 11.5. The number of rotatable bonds is 2. The maximum absolute atomic E-state index is 13.0. The molecule has 16 heavy (non-hydrogen) atoms. The van der Waals surface area contributed by atoms with Gasteiger partial charge >= 0.3 is 0 Å². The van der Waals surface area contributed by atoms with Crippen LogP contribution in [0, 0.1) is 5.82 Å². The molecule has 2 aromatic rings. The molecule has 0 atom stereocenters. The number of aromatic nitrogens is 2. The quantitative estimate of drug-likeness (QED) is 0.672. The van der Waals surface area contributed by atoms with Gasteiger partial charge in [-0.25, -0.2) is 4.39 Å². The number of amides is 1. The van der Waals surface area contributed by atoms with Gasteiger partial charge in [0.05, 0.1) is 0 Å². The predicted octanol–water partition coefficient (Wildman–Crippen LogP) is 1.51. The maximum atomic E-state index is 13.0. The van der Waals surface area contributed by atoms with Crippen LogP contribution in [0.25, 0.3) is 0 Å². The fraction of sp³-hybridized carbons (Fsp3) is 0. The van der Waals surface area contributed by atoms with Gasteiger partial charge in [0.15, 0.2) is 11.6 Å². The zero-order valence-electron chi connectivity index (χ0n) is 8.07. The second-order valence-corrected chi connectivity index (χ2v) is 3.09. The Morgan fingerprint density at radius 1 is 1.44 bits per heavy atom. The number of benzene rings is 1. The van der Waals surface area contributed by atoms with Gasteiger partial charge in [0, 0.05) is 18.0 Å². The van der Waals surface area contributed by atoms with Gasteiger partial charge in [-0.3, -0.25) is 9.89 Å². The molecule has 5 nitrogen and oxygen atoms in total. The first-order valence-electron chi connectivity index (χ1n) is 4.46. The number of hydrogen-bond acceptors (Lipinski definition) is 3. The molecule has 0 aliphatic rings. The molecule has 1 aromatic heterocycles. The second kappa shape index (κ2) is 4.01. The number of H-pyrrole nitrogens is 1. The van der Waals surface area contributed by atoms with E-state index in [0.717, 1.165) is 12.1 Å². The summed E-state index contributed by atoms with van der Waals surface area (Å²) in [6, 6.07) is 5.08. The number of carbonyl (C=O) groups excluding carboxylic acids is 1. The Morgan fingerprint density at radius 3 is 2.88 bits per heavy atom. The average Bonchev–Trinajstić information content (AvgIpc) is 2.77. The van der Waals surface area contributed by atoms with E-state index in [-0.39, 0.29) is 11.4 Å². The van der Waals surface area contributed by atoms with E-state index >= 15 is 0 Å². The highest BCUT2D eigenvalue weighted by molar-refractivity contribution is 6.02. The van der Waals surface area contributed by atoms with Crippen LogP contribution in [0.15, 0.2) is 30.5 Å². The van der Waals surface area contributed by atoms with Crippen molar-refractivity contribution >= 4 is 11.6 Å². The molecule has 6 heteroatoms. The van der Waals surface area contributed by atoms with Gasteiger partial charge in [-0.2, -0.15) is 5.10 Å². The molecule has 0 saturated heterocycles. The highest BCUT2D eigenvalue weighted by Gasteiger charge is 2.08. The van der Waals surface area contributed by atoms with Crippen molar-refractivity contribution in [2.75, 3.05) is 5.32 Å². The zero-order chi connectivity index (χ0) is 11.5. The van der Waals surface area contributed by atoms with E-state index in [9.17, 15) is 9.18 Å². The van der Waals surface area contributed by atoms with Crippen LogP contribution in [-0.2, 0) is 0 Å². The first-order valence-corrected chi connectivity index (χ1v) is 4.46. The molecule has 82 valence electrons. The summed E-state index contributed by atoms with van der Waals surface area (Å²) in [5.74, 6) is -1.68. The smallest absolute Gasteiger partial charge is 0.273 e. The number of phenolic OH excluding ortho intramolecular Hbond substituents is 1. The summed E-state index contributed by atoms with van der Waals surface area (Å²) in [5, 5.41) is 17.5. The molecule has 0 unspecified atom stereocenters. The third kappa shape index (κ3) is 2.00. The number of nitrogens with zero attached hydrogens (tertiary/aromatic N) is 1. The number of anilines is 1. The van der Waals surface area contributed by atoms with Crippen molar-refractivity contribution in [1.29, 1.82) is 0 Å². The minimum atomic E-state index is -0.789. The molecule has 1 heterocycles. The Morgan fingerprint density at radius 2 is 2.25 bits per heavy atom. The third-order valence-electron chi connectivity index (χ3n) is 1.95. The van der Waals surface area contributed by atoms with E-state index in [1.54, 1.807) is 0 Å². The molecule has 0 spiro atoms. The highest BCUT2D eigenvalue weighted by Crippen LogP contribution is 2.19. The number of aromatic amines is 1. The number of hydrogen-bond donors (Lipinski definition) is 3. The van der Waals surface area contributed by atoms with Crippen LogP contribution >= 0.6 is 0 Å². The van der Waals surface area contributed by atoms with E-state index in [2.05, 4.69) is 15.5 Å². The molecule has 1 amide bonds. The van der Waals surface area contributed by atoms with Crippen LogP contribution in [0.1, 0.15) is 10.5 Å². The number of halogens is 1. The third-order valence-corrected chi connectivity index (χ3v) is 1.95. The van der Waals surface area contributed by atoms with Crippen LogP contribution in [0.5, 0.6) is 5.75 Å². The Bertz CT molecular complexity index is 511. The van der Waals surface area contributed by atoms with Crippen molar-refractivity contribution in [3.63, 3.8) is 0 Å². The van der Waals surface area contributed by atoms with Crippen LogP contribution in [0.3, 0.4) is 0 Å². The van der Waals surface area contributed by atoms with Gasteiger partial charge in [-0.15, -0.1) is 0 Å². The molecule has 1 aromatic carbocycles. The molecule has 0 radical (unpaired) electrons. The van der Waals surface area contributed by atoms with Gasteiger partial charge < -0.3 is 10.4 Å². The lowest BCUT2D eigenvalue weighted by Crippen LogP contribution is -2.12. The predicted molar refractivity (Wildman–Crippen MR) is 54.6 cm³/mol. The summed E-state index contributed by atoms with van der Waals surface area (Å²) in [7, 11) is 0. The molecule has 0 aliphatic carbocycles. The van der Waals surface area contributed by atoms with Gasteiger partial charge in [-0.1, -0.05) is 0 Å². The Labute approximate surface area is 89.9 Å². The minimum absolute atomic E-state index is 0.259. The SMILES string of the molecule is O=C(Nc1ccc(O)c(F)c1)c1ccn[nH]1. The number of nitrogens with one attached hydrogen (secondary N) is 2. The number of aromatic hydroxyl groups is 1. The normalized spacial score (nSPS) is 10.1. The van der Waals surface area contributed by atoms with Gasteiger partial charge in [-0.05, 0) is 18.2 Å². The van der Waals surface area contributed by atoms with Gasteiger partial charge in [0.2, 0.25) is 0 Å². The molecule has 3 N–H and O–H groups in total. The topological polar surface area (TPSA) is 78.0 Å². The monoisotopic (exact) mass is 221 g/mol. The average molecular weight is 221 g/mol. The molecule has 0 bridgehead atoms. The fourth-order valence-electron chi connectivity index (χ4n) is 1.17. The largest absolute Gasteiger partial charge is 0.505 e. The Balaban J connectivity index is 2.15.